The molecule has 2 aliphatic rings. The standard InChI is InChI=1S/C23H26N2O6S/c1-24-21-19-18(22(27)25(23(19)28)11-10-17(26)30-3)20(32-21)13-8-9-15(29-2)16(12-13)31-14-6-4-5-7-14/h8-9,12,14,24H,4-7,10-11H2,1-3H3. The minimum atomic E-state index is -0.474. The van der Waals surface area contributed by atoms with Crippen LogP contribution in [-0.4, -0.2) is 56.6 Å². The van der Waals surface area contributed by atoms with Gasteiger partial charge in [-0.1, -0.05) is 0 Å². The van der Waals surface area contributed by atoms with E-state index in [9.17, 15) is 14.4 Å². The molecule has 2 heterocycles. The molecule has 0 radical (unpaired) electrons. The third kappa shape index (κ3) is 3.92. The molecule has 1 aromatic carbocycles. The monoisotopic (exact) mass is 458 g/mol. The number of hydrogen-bond acceptors (Lipinski definition) is 8. The lowest BCUT2D eigenvalue weighted by molar-refractivity contribution is -0.140. The molecule has 8 nitrogen and oxygen atoms in total. The van der Waals surface area contributed by atoms with Gasteiger partial charge < -0.3 is 19.5 Å². The van der Waals surface area contributed by atoms with E-state index in [0.29, 0.717) is 32.5 Å². The first-order valence-electron chi connectivity index (χ1n) is 10.6. The molecule has 1 aromatic heterocycles. The average molecular weight is 459 g/mol. The van der Waals surface area contributed by atoms with Crippen molar-refractivity contribution < 1.29 is 28.6 Å². The van der Waals surface area contributed by atoms with Crippen LogP contribution < -0.4 is 14.8 Å². The van der Waals surface area contributed by atoms with Crippen LogP contribution in [0.1, 0.15) is 52.8 Å². The fourth-order valence-electron chi connectivity index (χ4n) is 4.18. The smallest absolute Gasteiger partial charge is 0.307 e. The lowest BCUT2D eigenvalue weighted by atomic mass is 10.1. The number of carbonyl (C=O) groups is 3. The molecule has 4 rings (SSSR count). The molecule has 2 amide bonds. The Hall–Kier alpha value is -3.07. The van der Waals surface area contributed by atoms with E-state index in [-0.39, 0.29) is 19.1 Å². The van der Waals surface area contributed by atoms with Crippen molar-refractivity contribution in [1.29, 1.82) is 0 Å². The lowest BCUT2D eigenvalue weighted by Crippen LogP contribution is -2.32. The van der Waals surface area contributed by atoms with Crippen LogP contribution in [0.2, 0.25) is 0 Å². The summed E-state index contributed by atoms with van der Waals surface area (Å²) in [6.45, 7) is -0.0229. The molecule has 1 saturated carbocycles. The van der Waals surface area contributed by atoms with Crippen molar-refractivity contribution in [1.82, 2.24) is 4.90 Å². The summed E-state index contributed by atoms with van der Waals surface area (Å²) in [6, 6.07) is 5.55. The topological polar surface area (TPSA) is 94.2 Å². The maximum Gasteiger partial charge on any atom is 0.307 e. The Balaban J connectivity index is 1.71. The Kier molecular flexibility index (Phi) is 6.36. The van der Waals surface area contributed by atoms with Crippen LogP contribution in [0.3, 0.4) is 0 Å². The number of anilines is 1. The molecule has 0 unspecified atom stereocenters. The molecule has 1 fully saturated rings. The van der Waals surface area contributed by atoms with Crippen molar-refractivity contribution >= 4 is 34.1 Å². The van der Waals surface area contributed by atoms with Crippen LogP contribution in [0, 0.1) is 0 Å². The second-order valence-corrected chi connectivity index (χ2v) is 8.76. The van der Waals surface area contributed by atoms with Crippen molar-refractivity contribution in [2.24, 2.45) is 0 Å². The van der Waals surface area contributed by atoms with E-state index >= 15 is 0 Å². The van der Waals surface area contributed by atoms with Gasteiger partial charge in [0.25, 0.3) is 11.8 Å². The maximum absolute atomic E-state index is 13.2. The first-order valence-corrected chi connectivity index (χ1v) is 11.4. The molecule has 2 aromatic rings. The average Bonchev–Trinajstić information content (AvgIpc) is 3.50. The van der Waals surface area contributed by atoms with Gasteiger partial charge in [-0.3, -0.25) is 19.3 Å². The van der Waals surface area contributed by atoms with E-state index in [1.165, 1.54) is 18.4 Å². The highest BCUT2D eigenvalue weighted by Crippen LogP contribution is 2.46. The molecule has 1 aliphatic carbocycles. The number of methoxy groups -OCH3 is 2. The van der Waals surface area contributed by atoms with Crippen molar-refractivity contribution in [2.45, 2.75) is 38.2 Å². The fraction of sp³-hybridized carbons (Fsp3) is 0.435. The van der Waals surface area contributed by atoms with E-state index in [2.05, 4.69) is 10.1 Å². The fourth-order valence-corrected chi connectivity index (χ4v) is 5.32. The summed E-state index contributed by atoms with van der Waals surface area (Å²) in [4.78, 5) is 39.5. The van der Waals surface area contributed by atoms with Gasteiger partial charge in [-0.05, 0) is 49.4 Å². The van der Waals surface area contributed by atoms with Crippen LogP contribution >= 0.6 is 11.3 Å². The van der Waals surface area contributed by atoms with Crippen LogP contribution in [-0.2, 0) is 9.53 Å². The van der Waals surface area contributed by atoms with Gasteiger partial charge in [0.05, 0.1) is 42.7 Å². The van der Waals surface area contributed by atoms with Gasteiger partial charge in [0.2, 0.25) is 0 Å². The SMILES string of the molecule is CNc1sc(-c2ccc(OC)c(OC3CCCC3)c2)c2c1C(=O)N(CCC(=O)OC)C2=O. The van der Waals surface area contributed by atoms with Gasteiger partial charge in [-0.2, -0.15) is 0 Å². The van der Waals surface area contributed by atoms with E-state index in [0.717, 1.165) is 36.1 Å². The van der Waals surface area contributed by atoms with Crippen molar-refractivity contribution in [3.05, 3.63) is 29.3 Å². The predicted octanol–water partition coefficient (Wildman–Crippen LogP) is 3.95. The minimum Gasteiger partial charge on any atom is -0.493 e. The summed E-state index contributed by atoms with van der Waals surface area (Å²) in [7, 11) is 4.59. The van der Waals surface area contributed by atoms with Crippen LogP contribution in [0.4, 0.5) is 5.00 Å². The van der Waals surface area contributed by atoms with Gasteiger partial charge in [-0.25, -0.2) is 0 Å². The Labute approximate surface area is 190 Å². The summed E-state index contributed by atoms with van der Waals surface area (Å²) in [5.41, 5.74) is 1.47. The van der Waals surface area contributed by atoms with Gasteiger partial charge >= 0.3 is 5.97 Å². The molecule has 0 saturated heterocycles. The zero-order valence-corrected chi connectivity index (χ0v) is 19.2. The van der Waals surface area contributed by atoms with Gasteiger partial charge in [-0.15, -0.1) is 11.3 Å². The zero-order chi connectivity index (χ0) is 22.8. The molecule has 9 heteroatoms. The Morgan fingerprint density at radius 3 is 2.50 bits per heavy atom. The number of thiophene rings is 1. The van der Waals surface area contributed by atoms with E-state index in [1.54, 1.807) is 14.2 Å². The summed E-state index contributed by atoms with van der Waals surface area (Å²) in [5, 5.41) is 3.65. The molecule has 32 heavy (non-hydrogen) atoms. The summed E-state index contributed by atoms with van der Waals surface area (Å²) < 4.78 is 16.3. The highest BCUT2D eigenvalue weighted by atomic mass is 32.1. The number of benzene rings is 1. The number of carbonyl (C=O) groups excluding carboxylic acids is 3. The number of fused-ring (bicyclic) bond motifs is 1. The zero-order valence-electron chi connectivity index (χ0n) is 18.4. The largest absolute Gasteiger partial charge is 0.493 e. The second kappa shape index (κ2) is 9.20. The number of rotatable bonds is 8. The number of imide groups is 1. The van der Waals surface area contributed by atoms with Crippen LogP contribution in [0.25, 0.3) is 10.4 Å². The molecule has 1 N–H and O–H groups in total. The molecule has 170 valence electrons. The molecular formula is C23H26N2O6S. The Bertz CT molecular complexity index is 1060. The summed E-state index contributed by atoms with van der Waals surface area (Å²) in [5.74, 6) is -0.0282. The highest BCUT2D eigenvalue weighted by Gasteiger charge is 2.42. The maximum atomic E-state index is 13.2. The molecule has 0 atom stereocenters. The molecule has 0 spiro atoms. The number of ether oxygens (including phenoxy) is 3. The molecule has 0 bridgehead atoms. The van der Waals surface area contributed by atoms with Crippen LogP contribution in [0.5, 0.6) is 11.5 Å². The van der Waals surface area contributed by atoms with E-state index in [4.69, 9.17) is 9.47 Å². The normalized spacial score (nSPS) is 15.8. The van der Waals surface area contributed by atoms with E-state index in [1.807, 2.05) is 18.2 Å². The summed E-state index contributed by atoms with van der Waals surface area (Å²) >= 11 is 1.35. The first kappa shape index (κ1) is 22.1. The Morgan fingerprint density at radius 2 is 1.84 bits per heavy atom. The van der Waals surface area contributed by atoms with Crippen molar-refractivity contribution in [2.75, 3.05) is 33.1 Å². The number of hydrogen-bond donors (Lipinski definition) is 1. The third-order valence-corrected chi connectivity index (χ3v) is 7.10. The van der Waals surface area contributed by atoms with Gasteiger partial charge in [0.15, 0.2) is 11.5 Å². The quantitative estimate of drug-likeness (QED) is 0.473. The van der Waals surface area contributed by atoms with E-state index < -0.39 is 17.8 Å². The number of amides is 2. The minimum absolute atomic E-state index is 0.0229. The van der Waals surface area contributed by atoms with Crippen molar-refractivity contribution in [3.8, 4) is 21.9 Å². The number of nitrogens with zero attached hydrogens (tertiary/aromatic N) is 1. The van der Waals surface area contributed by atoms with Gasteiger partial charge in [0, 0.05) is 13.6 Å². The number of nitrogens with one attached hydrogen (secondary N) is 1. The third-order valence-electron chi connectivity index (χ3n) is 5.84. The Morgan fingerprint density at radius 1 is 1.12 bits per heavy atom. The first-order chi connectivity index (χ1) is 15.5. The van der Waals surface area contributed by atoms with Gasteiger partial charge in [0.1, 0.15) is 5.00 Å². The van der Waals surface area contributed by atoms with Crippen LogP contribution in [0.15, 0.2) is 18.2 Å². The molecule has 1 aliphatic heterocycles. The predicted molar refractivity (Wildman–Crippen MR) is 121 cm³/mol. The molecular weight excluding hydrogens is 432 g/mol. The summed E-state index contributed by atoms with van der Waals surface area (Å²) in [6.07, 6.45) is 4.41. The number of esters is 1. The van der Waals surface area contributed by atoms with Crippen molar-refractivity contribution in [3.63, 3.8) is 0 Å². The highest BCUT2D eigenvalue weighted by molar-refractivity contribution is 7.20. The second-order valence-electron chi connectivity index (χ2n) is 7.74. The lowest BCUT2D eigenvalue weighted by Gasteiger charge is -2.17.